The van der Waals surface area contributed by atoms with Gasteiger partial charge < -0.3 is 4.74 Å². The molecular formula is C18H14FNO3. The van der Waals surface area contributed by atoms with Gasteiger partial charge in [0, 0.05) is 6.42 Å². The molecule has 0 unspecified atom stereocenters. The summed E-state index contributed by atoms with van der Waals surface area (Å²) < 4.78 is 18.7. The van der Waals surface area contributed by atoms with Gasteiger partial charge in [0.15, 0.2) is 0 Å². The summed E-state index contributed by atoms with van der Waals surface area (Å²) >= 11 is 0. The molecule has 23 heavy (non-hydrogen) atoms. The van der Waals surface area contributed by atoms with Crippen LogP contribution in [0.3, 0.4) is 0 Å². The van der Waals surface area contributed by atoms with Gasteiger partial charge in [-0.05, 0) is 29.8 Å². The Kier molecular flexibility index (Phi) is 3.23. The van der Waals surface area contributed by atoms with Crippen molar-refractivity contribution < 1.29 is 18.7 Å². The summed E-state index contributed by atoms with van der Waals surface area (Å²) in [5.74, 6) is -0.832. The van der Waals surface area contributed by atoms with E-state index in [9.17, 15) is 14.0 Å². The second kappa shape index (κ2) is 5.28. The summed E-state index contributed by atoms with van der Waals surface area (Å²) in [6, 6.07) is 12.7. The number of hydrogen-bond acceptors (Lipinski definition) is 3. The second-order valence-corrected chi connectivity index (χ2v) is 5.79. The van der Waals surface area contributed by atoms with Gasteiger partial charge in [-0.2, -0.15) is 0 Å². The highest BCUT2D eigenvalue weighted by Gasteiger charge is 2.43. The summed E-state index contributed by atoms with van der Waals surface area (Å²) in [5.41, 5.74) is 1.75. The number of rotatable bonds is 2. The molecule has 0 aromatic heterocycles. The van der Waals surface area contributed by atoms with Crippen molar-refractivity contribution in [1.29, 1.82) is 0 Å². The molecule has 4 rings (SSSR count). The molecule has 116 valence electrons. The lowest BCUT2D eigenvalue weighted by molar-refractivity contribution is 0.0551. The van der Waals surface area contributed by atoms with Crippen molar-refractivity contribution in [2.45, 2.75) is 18.6 Å². The Morgan fingerprint density at radius 1 is 0.957 bits per heavy atom. The highest BCUT2D eigenvalue weighted by Crippen LogP contribution is 2.35. The van der Waals surface area contributed by atoms with Crippen LogP contribution in [0.15, 0.2) is 48.5 Å². The highest BCUT2D eigenvalue weighted by molar-refractivity contribution is 6.21. The maximum absolute atomic E-state index is 13.0. The van der Waals surface area contributed by atoms with Crippen molar-refractivity contribution in [3.63, 3.8) is 0 Å². The van der Waals surface area contributed by atoms with Crippen molar-refractivity contribution >= 4 is 11.8 Å². The van der Waals surface area contributed by atoms with Gasteiger partial charge >= 0.3 is 0 Å². The van der Waals surface area contributed by atoms with Crippen LogP contribution in [-0.4, -0.2) is 29.4 Å². The van der Waals surface area contributed by atoms with Crippen molar-refractivity contribution in [3.05, 3.63) is 71.0 Å². The molecule has 5 heteroatoms. The minimum absolute atomic E-state index is 0.232. The molecule has 2 aliphatic rings. The largest absolute Gasteiger partial charge is 0.371 e. The summed E-state index contributed by atoms with van der Waals surface area (Å²) in [6.07, 6.45) is 0.293. The molecule has 0 N–H and O–H groups in total. The van der Waals surface area contributed by atoms with Crippen LogP contribution in [0.2, 0.25) is 0 Å². The smallest absolute Gasteiger partial charge is 0.261 e. The lowest BCUT2D eigenvalue weighted by atomic mass is 10.0. The van der Waals surface area contributed by atoms with Gasteiger partial charge in [-0.15, -0.1) is 0 Å². The lowest BCUT2D eigenvalue weighted by Gasteiger charge is -2.20. The molecule has 2 aromatic carbocycles. The zero-order chi connectivity index (χ0) is 16.0. The average molecular weight is 311 g/mol. The SMILES string of the molecule is O=C1c2ccccc2C(=O)N1[C@@H]1CO[C@H](c2ccc(F)cc2)C1. The number of fused-ring (bicyclic) bond motifs is 1. The highest BCUT2D eigenvalue weighted by atomic mass is 19.1. The third-order valence-electron chi connectivity index (χ3n) is 4.41. The van der Waals surface area contributed by atoms with Crippen LogP contribution in [-0.2, 0) is 4.74 Å². The molecule has 4 nitrogen and oxygen atoms in total. The number of halogens is 1. The quantitative estimate of drug-likeness (QED) is 0.801. The lowest BCUT2D eigenvalue weighted by Crippen LogP contribution is -2.40. The van der Waals surface area contributed by atoms with E-state index in [2.05, 4.69) is 0 Å². The molecule has 0 bridgehead atoms. The molecule has 2 heterocycles. The second-order valence-electron chi connectivity index (χ2n) is 5.79. The molecule has 0 spiro atoms. The van der Waals surface area contributed by atoms with Crippen molar-refractivity contribution in [2.75, 3.05) is 6.61 Å². The standard InChI is InChI=1S/C18H14FNO3/c19-12-7-5-11(6-8-12)16-9-13(10-23-16)20-17(21)14-3-1-2-4-15(14)18(20)22/h1-8,13,16H,9-10H2/t13-,16-/m0/s1. The van der Waals surface area contributed by atoms with Crippen LogP contribution in [0, 0.1) is 5.82 Å². The summed E-state index contributed by atoms with van der Waals surface area (Å²) in [7, 11) is 0. The van der Waals surface area contributed by atoms with Crippen LogP contribution in [0.5, 0.6) is 0 Å². The van der Waals surface area contributed by atoms with E-state index in [1.807, 2.05) is 0 Å². The fraction of sp³-hybridized carbons (Fsp3) is 0.222. The van der Waals surface area contributed by atoms with Gasteiger partial charge in [0.2, 0.25) is 0 Å². The zero-order valence-corrected chi connectivity index (χ0v) is 12.2. The zero-order valence-electron chi connectivity index (χ0n) is 12.2. The number of amides is 2. The van der Waals surface area contributed by atoms with Gasteiger partial charge in [-0.3, -0.25) is 14.5 Å². The maximum atomic E-state index is 13.0. The average Bonchev–Trinajstić information content (AvgIpc) is 3.13. The van der Waals surface area contributed by atoms with Crippen LogP contribution < -0.4 is 0 Å². The molecule has 2 amide bonds. The molecule has 2 atom stereocenters. The minimum Gasteiger partial charge on any atom is -0.371 e. The molecular weight excluding hydrogens is 297 g/mol. The number of ether oxygens (including phenoxy) is 1. The van der Waals surface area contributed by atoms with Crippen LogP contribution >= 0.6 is 0 Å². The van der Waals surface area contributed by atoms with Crippen molar-refractivity contribution in [2.24, 2.45) is 0 Å². The maximum Gasteiger partial charge on any atom is 0.261 e. The first-order valence-corrected chi connectivity index (χ1v) is 7.49. The van der Waals surface area contributed by atoms with E-state index < -0.39 is 0 Å². The van der Waals surface area contributed by atoms with E-state index in [-0.39, 0.29) is 29.8 Å². The Bertz CT molecular complexity index is 752. The molecule has 0 radical (unpaired) electrons. The van der Waals surface area contributed by atoms with Crippen molar-refractivity contribution in [1.82, 2.24) is 4.90 Å². The first-order chi connectivity index (χ1) is 11.1. The van der Waals surface area contributed by atoms with Gasteiger partial charge in [-0.1, -0.05) is 24.3 Å². The predicted molar refractivity (Wildman–Crippen MR) is 80.4 cm³/mol. The summed E-state index contributed by atoms with van der Waals surface area (Å²) in [6.45, 7) is 0.299. The minimum atomic E-state index is -0.302. The van der Waals surface area contributed by atoms with E-state index >= 15 is 0 Å². The normalized spacial score (nSPS) is 23.4. The summed E-state index contributed by atoms with van der Waals surface area (Å²) in [5, 5.41) is 0. The first kappa shape index (κ1) is 14.1. The number of carbonyl (C=O) groups excluding carboxylic acids is 2. The number of benzene rings is 2. The van der Waals surface area contributed by atoms with Crippen LogP contribution in [0.4, 0.5) is 4.39 Å². The first-order valence-electron chi connectivity index (χ1n) is 7.49. The van der Waals surface area contributed by atoms with Crippen LogP contribution in [0.1, 0.15) is 38.8 Å². The number of carbonyl (C=O) groups is 2. The number of hydrogen-bond donors (Lipinski definition) is 0. The van der Waals surface area contributed by atoms with Crippen molar-refractivity contribution in [3.8, 4) is 0 Å². The third-order valence-corrected chi connectivity index (χ3v) is 4.41. The van der Waals surface area contributed by atoms with Gasteiger partial charge in [0.1, 0.15) is 5.82 Å². The molecule has 2 aliphatic heterocycles. The van der Waals surface area contributed by atoms with Gasteiger partial charge in [0.05, 0.1) is 29.9 Å². The Balaban J connectivity index is 1.56. The third kappa shape index (κ3) is 2.24. The number of nitrogens with zero attached hydrogens (tertiary/aromatic N) is 1. The molecule has 2 aromatic rings. The number of imide groups is 1. The molecule has 0 aliphatic carbocycles. The van der Waals surface area contributed by atoms with E-state index in [1.54, 1.807) is 36.4 Å². The Hall–Kier alpha value is -2.53. The molecule has 1 saturated heterocycles. The van der Waals surface area contributed by atoms with E-state index in [4.69, 9.17) is 4.74 Å². The topological polar surface area (TPSA) is 46.6 Å². The van der Waals surface area contributed by atoms with E-state index in [0.717, 1.165) is 5.56 Å². The predicted octanol–water partition coefficient (Wildman–Crippen LogP) is 2.95. The monoisotopic (exact) mass is 311 g/mol. The van der Waals surface area contributed by atoms with E-state index in [0.29, 0.717) is 24.2 Å². The van der Waals surface area contributed by atoms with E-state index in [1.165, 1.54) is 17.0 Å². The van der Waals surface area contributed by atoms with Gasteiger partial charge in [0.25, 0.3) is 11.8 Å². The Morgan fingerprint density at radius 2 is 1.57 bits per heavy atom. The summed E-state index contributed by atoms with van der Waals surface area (Å²) in [4.78, 5) is 26.3. The molecule has 1 fully saturated rings. The Morgan fingerprint density at radius 3 is 2.17 bits per heavy atom. The van der Waals surface area contributed by atoms with Crippen LogP contribution in [0.25, 0.3) is 0 Å². The fourth-order valence-electron chi connectivity index (χ4n) is 3.24. The fourth-order valence-corrected chi connectivity index (χ4v) is 3.24. The Labute approximate surface area is 132 Å². The molecule has 0 saturated carbocycles. The van der Waals surface area contributed by atoms with Gasteiger partial charge in [-0.25, -0.2) is 4.39 Å².